The van der Waals surface area contributed by atoms with Crippen LogP contribution in [0.4, 0.5) is 5.69 Å². The quantitative estimate of drug-likeness (QED) is 0.513. The molecule has 0 amide bonds. The molecule has 0 aliphatic carbocycles. The van der Waals surface area contributed by atoms with Gasteiger partial charge in [0.1, 0.15) is 0 Å². The summed E-state index contributed by atoms with van der Waals surface area (Å²) in [7, 11) is 0. The number of hydrogen-bond donors (Lipinski definition) is 0. The summed E-state index contributed by atoms with van der Waals surface area (Å²) in [6, 6.07) is 6.01. The summed E-state index contributed by atoms with van der Waals surface area (Å²) in [6.45, 7) is 6.00. The fourth-order valence-electron chi connectivity index (χ4n) is 1.38. The van der Waals surface area contributed by atoms with E-state index < -0.39 is 0 Å². The first-order valence-electron chi connectivity index (χ1n) is 3.62. The molecule has 2 rings (SSSR count). The van der Waals surface area contributed by atoms with Gasteiger partial charge in [0.05, 0.1) is 5.69 Å². The Bertz CT molecular complexity index is 427. The maximum atomic E-state index is 4.24. The van der Waals surface area contributed by atoms with E-state index in [-0.39, 0.29) is 0 Å². The second-order valence-corrected chi connectivity index (χ2v) is 2.75. The van der Waals surface area contributed by atoms with Crippen LogP contribution < -0.4 is 10.4 Å². The molecule has 1 heterocycles. The number of aliphatic imine (C=N–C) groups is 1. The fraction of sp³-hybridized carbons (Fsp3) is 0.100. The van der Waals surface area contributed by atoms with Crippen molar-refractivity contribution in [3.05, 3.63) is 28.6 Å². The van der Waals surface area contributed by atoms with Gasteiger partial charge in [0.2, 0.25) is 0 Å². The van der Waals surface area contributed by atoms with Crippen molar-refractivity contribution in [2.45, 2.75) is 6.92 Å². The van der Waals surface area contributed by atoms with Crippen LogP contribution in [0.2, 0.25) is 0 Å². The molecule has 0 saturated heterocycles. The molecular formula is C10H9N. The smallest absolute Gasteiger partial charge is 0.0711 e. The van der Waals surface area contributed by atoms with Crippen LogP contribution in [0.25, 0.3) is 12.2 Å². The van der Waals surface area contributed by atoms with Crippen LogP contribution in [0.5, 0.6) is 0 Å². The highest BCUT2D eigenvalue weighted by molar-refractivity contribution is 6.05. The number of hydrogen-bond acceptors (Lipinski definition) is 1. The fourth-order valence-corrected chi connectivity index (χ4v) is 1.38. The van der Waals surface area contributed by atoms with Crippen molar-refractivity contribution in [3.63, 3.8) is 0 Å². The predicted octanol–water partition coefficient (Wildman–Crippen LogP) is 0.983. The normalized spacial score (nSPS) is 13.7. The van der Waals surface area contributed by atoms with Crippen LogP contribution in [-0.4, -0.2) is 6.21 Å². The molecule has 54 valence electrons. The summed E-state index contributed by atoms with van der Waals surface area (Å²) in [5.74, 6) is 0. The molecule has 0 bridgehead atoms. The average Bonchev–Trinajstić information content (AvgIpc) is 2.34. The van der Waals surface area contributed by atoms with E-state index in [1.807, 2.05) is 24.4 Å². The van der Waals surface area contributed by atoms with Crippen LogP contribution in [0.3, 0.4) is 0 Å². The van der Waals surface area contributed by atoms with Crippen molar-refractivity contribution in [1.82, 2.24) is 0 Å². The third-order valence-corrected chi connectivity index (χ3v) is 1.92. The largest absolute Gasteiger partial charge is 0.256 e. The topological polar surface area (TPSA) is 12.4 Å². The molecular weight excluding hydrogens is 134 g/mol. The molecule has 0 aromatic heterocycles. The molecule has 0 atom stereocenters. The van der Waals surface area contributed by atoms with Crippen molar-refractivity contribution < 1.29 is 0 Å². The van der Waals surface area contributed by atoms with E-state index in [0.29, 0.717) is 0 Å². The van der Waals surface area contributed by atoms with Crippen LogP contribution in [0.15, 0.2) is 23.2 Å². The lowest BCUT2D eigenvalue weighted by atomic mass is 10.2. The lowest BCUT2D eigenvalue weighted by Gasteiger charge is -1.90. The van der Waals surface area contributed by atoms with Gasteiger partial charge in [-0.1, -0.05) is 18.7 Å². The second-order valence-electron chi connectivity index (χ2n) is 2.75. The zero-order chi connectivity index (χ0) is 7.84. The monoisotopic (exact) mass is 143 g/mol. The highest BCUT2D eigenvalue weighted by Crippen LogP contribution is 2.08. The first kappa shape index (κ1) is 6.35. The summed E-state index contributed by atoms with van der Waals surface area (Å²) in [5, 5.41) is 2.27. The maximum absolute atomic E-state index is 4.24. The van der Waals surface area contributed by atoms with Gasteiger partial charge in [0.25, 0.3) is 0 Å². The minimum Gasteiger partial charge on any atom is -0.256 e. The first-order chi connectivity index (χ1) is 5.29. The van der Waals surface area contributed by atoms with Crippen LogP contribution >= 0.6 is 0 Å². The summed E-state index contributed by atoms with van der Waals surface area (Å²) in [5.41, 5.74) is 2.26. The van der Waals surface area contributed by atoms with Crippen LogP contribution in [0.1, 0.15) is 6.92 Å². The molecule has 1 aromatic rings. The third-order valence-electron chi connectivity index (χ3n) is 1.92. The van der Waals surface area contributed by atoms with Gasteiger partial charge in [0, 0.05) is 11.4 Å². The van der Waals surface area contributed by atoms with Crippen molar-refractivity contribution in [3.8, 4) is 0 Å². The van der Waals surface area contributed by atoms with E-state index in [2.05, 4.69) is 18.5 Å². The lowest BCUT2D eigenvalue weighted by molar-refractivity contribution is 1.46. The van der Waals surface area contributed by atoms with E-state index in [9.17, 15) is 0 Å². The van der Waals surface area contributed by atoms with Gasteiger partial charge >= 0.3 is 0 Å². The van der Waals surface area contributed by atoms with Gasteiger partial charge in [-0.05, 0) is 23.8 Å². The highest BCUT2D eigenvalue weighted by Gasteiger charge is 2.01. The molecule has 0 spiro atoms. The Hall–Kier alpha value is -1.37. The standard InChI is InChI=1S/C10H9N/c1-7-4-3-5-9-10(7)8(2)6-11-9/h3-6H,1H2,2H3. The summed E-state index contributed by atoms with van der Waals surface area (Å²) in [4.78, 5) is 4.24. The molecule has 0 N–H and O–H groups in total. The SMILES string of the molecule is C=c1cccc2c1=C(C)C=N2. The van der Waals surface area contributed by atoms with Crippen molar-refractivity contribution in [1.29, 1.82) is 0 Å². The highest BCUT2D eigenvalue weighted by atomic mass is 14.7. The van der Waals surface area contributed by atoms with Gasteiger partial charge in [-0.25, -0.2) is 0 Å². The van der Waals surface area contributed by atoms with Crippen molar-refractivity contribution in [2.24, 2.45) is 4.99 Å². The van der Waals surface area contributed by atoms with Crippen LogP contribution in [-0.2, 0) is 0 Å². The van der Waals surface area contributed by atoms with E-state index in [0.717, 1.165) is 10.9 Å². The second kappa shape index (κ2) is 2.06. The predicted molar refractivity (Wildman–Crippen MR) is 48.4 cm³/mol. The summed E-state index contributed by atoms with van der Waals surface area (Å²) < 4.78 is 0. The number of nitrogens with zero attached hydrogens (tertiary/aromatic N) is 1. The first-order valence-corrected chi connectivity index (χ1v) is 3.62. The van der Waals surface area contributed by atoms with Gasteiger partial charge in [-0.15, -0.1) is 0 Å². The molecule has 1 aromatic carbocycles. The molecule has 0 unspecified atom stereocenters. The third kappa shape index (κ3) is 0.811. The molecule has 0 fully saturated rings. The average molecular weight is 143 g/mol. The molecule has 0 radical (unpaired) electrons. The number of benzene rings is 1. The van der Waals surface area contributed by atoms with Gasteiger partial charge < -0.3 is 0 Å². The van der Waals surface area contributed by atoms with Gasteiger partial charge in [-0.3, -0.25) is 4.99 Å². The molecule has 1 heteroatoms. The zero-order valence-corrected chi connectivity index (χ0v) is 6.46. The maximum Gasteiger partial charge on any atom is 0.0711 e. The van der Waals surface area contributed by atoms with E-state index in [4.69, 9.17) is 0 Å². The van der Waals surface area contributed by atoms with Crippen molar-refractivity contribution in [2.75, 3.05) is 0 Å². The molecule has 1 aliphatic heterocycles. The zero-order valence-electron chi connectivity index (χ0n) is 6.46. The molecule has 0 saturated carbocycles. The van der Waals surface area contributed by atoms with Gasteiger partial charge in [-0.2, -0.15) is 0 Å². The van der Waals surface area contributed by atoms with Crippen LogP contribution in [0, 0.1) is 0 Å². The van der Waals surface area contributed by atoms with E-state index >= 15 is 0 Å². The van der Waals surface area contributed by atoms with Gasteiger partial charge in [0.15, 0.2) is 0 Å². The molecule has 11 heavy (non-hydrogen) atoms. The van der Waals surface area contributed by atoms with Crippen molar-refractivity contribution >= 4 is 24.1 Å². The minimum absolute atomic E-state index is 1.05. The Morgan fingerprint density at radius 3 is 2.91 bits per heavy atom. The van der Waals surface area contributed by atoms with E-state index in [1.54, 1.807) is 0 Å². The number of rotatable bonds is 0. The minimum atomic E-state index is 1.05. The molecule has 1 aliphatic rings. The Balaban J connectivity index is 3.03. The Morgan fingerprint density at radius 2 is 2.18 bits per heavy atom. The lowest BCUT2D eigenvalue weighted by Crippen LogP contribution is -2.23. The van der Waals surface area contributed by atoms with E-state index in [1.165, 1.54) is 10.8 Å². The molecule has 1 nitrogen and oxygen atoms in total. The Morgan fingerprint density at radius 1 is 1.36 bits per heavy atom. The Labute approximate surface area is 65.4 Å². The summed E-state index contributed by atoms with van der Waals surface area (Å²) in [6.07, 6.45) is 1.89. The number of fused-ring (bicyclic) bond motifs is 1. The Kier molecular flexibility index (Phi) is 1.19. The summed E-state index contributed by atoms with van der Waals surface area (Å²) >= 11 is 0.